The smallest absolute Gasteiger partial charge is 0.325 e. The fraction of sp³-hybridized carbons (Fsp3) is 0.500. The standard InChI is InChI=1S/C18H22N4O5S2/c23-15(12-22-16(24)18(19-17(22)25)6-11-28-13-18)20-7-9-21(10-8-20)29(26,27)14-4-2-1-3-5-14/h1-5H,6-13H2,(H,19,25). The molecule has 1 unspecified atom stereocenters. The van der Waals surface area contributed by atoms with E-state index in [0.29, 0.717) is 12.2 Å². The Morgan fingerprint density at radius 2 is 1.79 bits per heavy atom. The van der Waals surface area contributed by atoms with E-state index in [4.69, 9.17) is 0 Å². The lowest BCUT2D eigenvalue weighted by Crippen LogP contribution is -2.53. The molecule has 156 valence electrons. The summed E-state index contributed by atoms with van der Waals surface area (Å²) in [5.74, 6) is 0.628. The normalized spacial score (nSPS) is 25.7. The second kappa shape index (κ2) is 7.62. The molecule has 0 aromatic heterocycles. The molecule has 29 heavy (non-hydrogen) atoms. The molecule has 0 bridgehead atoms. The van der Waals surface area contributed by atoms with Crippen LogP contribution in [0.25, 0.3) is 0 Å². The molecule has 1 spiro atoms. The van der Waals surface area contributed by atoms with Gasteiger partial charge in [-0.1, -0.05) is 18.2 Å². The number of carbonyl (C=O) groups is 3. The molecule has 0 aliphatic carbocycles. The number of hydrogen-bond acceptors (Lipinski definition) is 6. The molecule has 3 aliphatic rings. The maximum atomic E-state index is 12.7. The summed E-state index contributed by atoms with van der Waals surface area (Å²) in [6.07, 6.45) is 0.572. The Morgan fingerprint density at radius 1 is 1.10 bits per heavy atom. The largest absolute Gasteiger partial charge is 0.338 e. The highest BCUT2D eigenvalue weighted by molar-refractivity contribution is 7.99. The Balaban J connectivity index is 1.36. The number of carbonyl (C=O) groups excluding carboxylic acids is 3. The summed E-state index contributed by atoms with van der Waals surface area (Å²) in [5, 5.41) is 2.74. The molecule has 1 atom stereocenters. The van der Waals surface area contributed by atoms with Crippen LogP contribution in [-0.2, 0) is 19.6 Å². The number of piperazine rings is 1. The lowest BCUT2D eigenvalue weighted by molar-refractivity contribution is -0.139. The maximum Gasteiger partial charge on any atom is 0.325 e. The number of rotatable bonds is 4. The molecule has 11 heteroatoms. The second-order valence-electron chi connectivity index (χ2n) is 7.30. The molecule has 3 saturated heterocycles. The van der Waals surface area contributed by atoms with E-state index in [0.717, 1.165) is 10.7 Å². The Bertz CT molecular complexity index is 923. The molecule has 1 aromatic carbocycles. The highest BCUT2D eigenvalue weighted by Gasteiger charge is 2.53. The van der Waals surface area contributed by atoms with Crippen LogP contribution in [0.1, 0.15) is 6.42 Å². The van der Waals surface area contributed by atoms with Crippen molar-refractivity contribution in [3.05, 3.63) is 30.3 Å². The molecule has 4 amide bonds. The number of imide groups is 1. The second-order valence-corrected chi connectivity index (χ2v) is 10.3. The van der Waals surface area contributed by atoms with E-state index in [1.54, 1.807) is 42.1 Å². The van der Waals surface area contributed by atoms with Crippen molar-refractivity contribution >= 4 is 39.6 Å². The minimum atomic E-state index is -3.60. The summed E-state index contributed by atoms with van der Waals surface area (Å²) in [4.78, 5) is 40.3. The van der Waals surface area contributed by atoms with Crippen molar-refractivity contribution in [3.8, 4) is 0 Å². The Morgan fingerprint density at radius 3 is 2.41 bits per heavy atom. The zero-order chi connectivity index (χ0) is 20.6. The van der Waals surface area contributed by atoms with Crippen LogP contribution in [0.4, 0.5) is 4.79 Å². The highest BCUT2D eigenvalue weighted by atomic mass is 32.2. The van der Waals surface area contributed by atoms with Gasteiger partial charge in [0.15, 0.2) is 0 Å². The molecule has 1 aromatic rings. The number of hydrogen-bond donors (Lipinski definition) is 1. The number of nitrogens with zero attached hydrogens (tertiary/aromatic N) is 3. The summed E-state index contributed by atoms with van der Waals surface area (Å²) in [7, 11) is -3.60. The number of sulfonamides is 1. The van der Waals surface area contributed by atoms with Crippen LogP contribution in [0, 0.1) is 0 Å². The number of thioether (sulfide) groups is 1. The SMILES string of the molecule is O=C(CN1C(=O)NC2(CCSC2)C1=O)N1CCN(S(=O)(=O)c2ccccc2)CC1. The maximum absolute atomic E-state index is 12.7. The average Bonchev–Trinajstić information content (AvgIpc) is 3.29. The van der Waals surface area contributed by atoms with Gasteiger partial charge in [0.05, 0.1) is 4.90 Å². The fourth-order valence-electron chi connectivity index (χ4n) is 3.81. The first-order valence-corrected chi connectivity index (χ1v) is 12.0. The van der Waals surface area contributed by atoms with Crippen LogP contribution in [0.5, 0.6) is 0 Å². The number of amides is 4. The number of nitrogens with one attached hydrogen (secondary N) is 1. The molecule has 0 saturated carbocycles. The van der Waals surface area contributed by atoms with Gasteiger partial charge in [-0.2, -0.15) is 16.1 Å². The van der Waals surface area contributed by atoms with E-state index in [1.165, 1.54) is 9.21 Å². The van der Waals surface area contributed by atoms with Crippen LogP contribution in [0.15, 0.2) is 35.2 Å². The van der Waals surface area contributed by atoms with E-state index in [9.17, 15) is 22.8 Å². The lowest BCUT2D eigenvalue weighted by atomic mass is 9.99. The Labute approximate surface area is 173 Å². The third-order valence-electron chi connectivity index (χ3n) is 5.53. The molecule has 3 aliphatic heterocycles. The summed E-state index contributed by atoms with van der Waals surface area (Å²) < 4.78 is 26.7. The van der Waals surface area contributed by atoms with Crippen molar-refractivity contribution in [2.75, 3.05) is 44.2 Å². The van der Waals surface area contributed by atoms with Gasteiger partial charge in [0.1, 0.15) is 12.1 Å². The van der Waals surface area contributed by atoms with E-state index >= 15 is 0 Å². The van der Waals surface area contributed by atoms with Crippen LogP contribution in [0.3, 0.4) is 0 Å². The number of benzene rings is 1. The van der Waals surface area contributed by atoms with Gasteiger partial charge in [-0.25, -0.2) is 13.2 Å². The minimum absolute atomic E-state index is 0.170. The average molecular weight is 439 g/mol. The summed E-state index contributed by atoms with van der Waals surface area (Å²) in [5.41, 5.74) is -0.871. The first-order chi connectivity index (χ1) is 13.8. The van der Waals surface area contributed by atoms with Crippen molar-refractivity contribution in [2.45, 2.75) is 16.9 Å². The van der Waals surface area contributed by atoms with E-state index in [-0.39, 0.29) is 49.4 Å². The van der Waals surface area contributed by atoms with Crippen molar-refractivity contribution in [1.29, 1.82) is 0 Å². The molecular formula is C18H22N4O5S2. The van der Waals surface area contributed by atoms with Crippen molar-refractivity contribution in [1.82, 2.24) is 19.4 Å². The molecule has 3 heterocycles. The summed E-state index contributed by atoms with van der Waals surface area (Å²) in [6, 6.07) is 7.64. The third kappa shape index (κ3) is 3.62. The minimum Gasteiger partial charge on any atom is -0.338 e. The van der Waals surface area contributed by atoms with Gasteiger partial charge in [-0.15, -0.1) is 0 Å². The van der Waals surface area contributed by atoms with Gasteiger partial charge in [0, 0.05) is 31.9 Å². The molecular weight excluding hydrogens is 416 g/mol. The van der Waals surface area contributed by atoms with Crippen LogP contribution in [-0.4, -0.2) is 90.1 Å². The molecule has 3 fully saturated rings. The summed E-state index contributed by atoms with van der Waals surface area (Å²) in [6.45, 7) is 0.459. The predicted molar refractivity (Wildman–Crippen MR) is 107 cm³/mol. The van der Waals surface area contributed by atoms with Gasteiger partial charge in [-0.3, -0.25) is 14.5 Å². The van der Waals surface area contributed by atoms with Gasteiger partial charge in [0.25, 0.3) is 5.91 Å². The van der Waals surface area contributed by atoms with Crippen molar-refractivity contribution < 1.29 is 22.8 Å². The predicted octanol–water partition coefficient (Wildman–Crippen LogP) is -0.0530. The molecule has 1 N–H and O–H groups in total. The molecule has 4 rings (SSSR count). The Kier molecular flexibility index (Phi) is 5.30. The summed E-state index contributed by atoms with van der Waals surface area (Å²) >= 11 is 1.61. The van der Waals surface area contributed by atoms with E-state index < -0.39 is 21.6 Å². The first-order valence-electron chi connectivity index (χ1n) is 9.38. The first kappa shape index (κ1) is 20.2. The zero-order valence-corrected chi connectivity index (χ0v) is 17.4. The van der Waals surface area contributed by atoms with Crippen molar-refractivity contribution in [3.63, 3.8) is 0 Å². The molecule has 9 nitrogen and oxygen atoms in total. The number of urea groups is 1. The lowest BCUT2D eigenvalue weighted by Gasteiger charge is -2.34. The van der Waals surface area contributed by atoms with Crippen LogP contribution < -0.4 is 5.32 Å². The van der Waals surface area contributed by atoms with Gasteiger partial charge >= 0.3 is 6.03 Å². The fourth-order valence-corrected chi connectivity index (χ4v) is 6.58. The van der Waals surface area contributed by atoms with E-state index in [2.05, 4.69) is 5.32 Å². The zero-order valence-electron chi connectivity index (χ0n) is 15.7. The van der Waals surface area contributed by atoms with Gasteiger partial charge in [-0.05, 0) is 24.3 Å². The topological polar surface area (TPSA) is 107 Å². The van der Waals surface area contributed by atoms with E-state index in [1.807, 2.05) is 0 Å². The van der Waals surface area contributed by atoms with Gasteiger partial charge < -0.3 is 10.2 Å². The van der Waals surface area contributed by atoms with Crippen LogP contribution in [0.2, 0.25) is 0 Å². The van der Waals surface area contributed by atoms with Crippen molar-refractivity contribution in [2.24, 2.45) is 0 Å². The quantitative estimate of drug-likeness (QED) is 0.661. The highest BCUT2D eigenvalue weighted by Crippen LogP contribution is 2.33. The third-order valence-corrected chi connectivity index (χ3v) is 8.64. The molecule has 0 radical (unpaired) electrons. The van der Waals surface area contributed by atoms with Crippen LogP contribution >= 0.6 is 11.8 Å². The Hall–Kier alpha value is -2.11. The van der Waals surface area contributed by atoms with Gasteiger partial charge in [0.2, 0.25) is 15.9 Å². The monoisotopic (exact) mass is 438 g/mol.